The van der Waals surface area contributed by atoms with Crippen LogP contribution in [0.3, 0.4) is 0 Å². The van der Waals surface area contributed by atoms with Gasteiger partial charge in [0.2, 0.25) is 0 Å². The third-order valence-corrected chi connectivity index (χ3v) is 3.67. The van der Waals surface area contributed by atoms with Gasteiger partial charge in [-0.3, -0.25) is 0 Å². The van der Waals surface area contributed by atoms with Crippen molar-refractivity contribution in [3.05, 3.63) is 64.2 Å². The molecule has 0 spiro atoms. The monoisotopic (exact) mass is 243 g/mol. The fraction of sp³-hybridized carbons (Fsp3) is 0.200. The fourth-order valence-electron chi connectivity index (χ4n) is 2.45. The minimum absolute atomic E-state index is 0.378. The van der Waals surface area contributed by atoms with Gasteiger partial charge in [0.1, 0.15) is 0 Å². The average molecular weight is 244 g/mol. The quantitative estimate of drug-likeness (QED) is 0.785. The Morgan fingerprint density at radius 1 is 1.12 bits per heavy atom. The summed E-state index contributed by atoms with van der Waals surface area (Å²) >= 11 is 5.91. The molecule has 2 aromatic rings. The van der Waals surface area contributed by atoms with Crippen molar-refractivity contribution in [3.8, 4) is 0 Å². The van der Waals surface area contributed by atoms with Crippen LogP contribution in [0.2, 0.25) is 5.02 Å². The molecule has 0 saturated heterocycles. The summed E-state index contributed by atoms with van der Waals surface area (Å²) in [6.07, 6.45) is 1.06. The van der Waals surface area contributed by atoms with E-state index < -0.39 is 0 Å². The minimum Gasteiger partial charge on any atom is -0.378 e. The van der Waals surface area contributed by atoms with Gasteiger partial charge in [-0.2, -0.15) is 0 Å². The smallest absolute Gasteiger partial charge is 0.0555 e. The SMILES string of the molecule is Cc1cccc2c1CC(c1ccc(Cl)cc1)N2. The number of anilines is 1. The minimum atomic E-state index is 0.378. The lowest BCUT2D eigenvalue weighted by Gasteiger charge is -2.11. The lowest BCUT2D eigenvalue weighted by Crippen LogP contribution is -2.05. The number of benzene rings is 2. The molecule has 1 N–H and O–H groups in total. The van der Waals surface area contributed by atoms with Crippen molar-refractivity contribution in [2.45, 2.75) is 19.4 Å². The Bertz CT molecular complexity index is 545. The van der Waals surface area contributed by atoms with Crippen LogP contribution in [0.15, 0.2) is 42.5 Å². The third kappa shape index (κ3) is 1.91. The Labute approximate surface area is 106 Å². The second-order valence-corrected chi connectivity index (χ2v) is 4.99. The predicted octanol–water partition coefficient (Wildman–Crippen LogP) is 4.36. The summed E-state index contributed by atoms with van der Waals surface area (Å²) in [6, 6.07) is 14.9. The van der Waals surface area contributed by atoms with Crippen LogP contribution >= 0.6 is 11.6 Å². The highest BCUT2D eigenvalue weighted by Crippen LogP contribution is 2.35. The number of fused-ring (bicyclic) bond motifs is 1. The van der Waals surface area contributed by atoms with Gasteiger partial charge in [0.05, 0.1) is 6.04 Å². The Balaban J connectivity index is 1.91. The highest BCUT2D eigenvalue weighted by Gasteiger charge is 2.22. The molecular weight excluding hydrogens is 230 g/mol. The first-order valence-electron chi connectivity index (χ1n) is 5.84. The summed E-state index contributed by atoms with van der Waals surface area (Å²) in [5, 5.41) is 4.36. The highest BCUT2D eigenvalue weighted by molar-refractivity contribution is 6.30. The lowest BCUT2D eigenvalue weighted by molar-refractivity contribution is 0.821. The number of rotatable bonds is 1. The summed E-state index contributed by atoms with van der Waals surface area (Å²) in [5.74, 6) is 0. The average Bonchev–Trinajstić information content (AvgIpc) is 2.75. The van der Waals surface area contributed by atoms with Crippen molar-refractivity contribution < 1.29 is 0 Å². The van der Waals surface area contributed by atoms with E-state index in [1.165, 1.54) is 22.4 Å². The largest absolute Gasteiger partial charge is 0.378 e. The van der Waals surface area contributed by atoms with E-state index in [-0.39, 0.29) is 0 Å². The molecule has 0 radical (unpaired) electrons. The molecule has 1 atom stereocenters. The first kappa shape index (κ1) is 10.7. The summed E-state index contributed by atoms with van der Waals surface area (Å²) in [5.41, 5.74) is 5.37. The molecule has 17 heavy (non-hydrogen) atoms. The molecule has 86 valence electrons. The first-order chi connectivity index (χ1) is 8.24. The fourth-order valence-corrected chi connectivity index (χ4v) is 2.57. The molecule has 0 amide bonds. The summed E-state index contributed by atoms with van der Waals surface area (Å²) in [7, 11) is 0. The van der Waals surface area contributed by atoms with Gasteiger partial charge >= 0.3 is 0 Å². The van der Waals surface area contributed by atoms with Crippen LogP contribution in [0.1, 0.15) is 22.7 Å². The van der Waals surface area contributed by atoms with E-state index in [2.05, 4.69) is 42.6 Å². The van der Waals surface area contributed by atoms with E-state index in [1.807, 2.05) is 12.1 Å². The van der Waals surface area contributed by atoms with Crippen LogP contribution in [-0.2, 0) is 6.42 Å². The number of aryl methyl sites for hydroxylation is 1. The van der Waals surface area contributed by atoms with E-state index in [0.717, 1.165) is 11.4 Å². The molecule has 0 aliphatic carbocycles. The molecule has 1 unspecified atom stereocenters. The maximum absolute atomic E-state index is 5.91. The van der Waals surface area contributed by atoms with Crippen LogP contribution in [0.4, 0.5) is 5.69 Å². The molecule has 0 saturated carbocycles. The molecule has 0 bridgehead atoms. The van der Waals surface area contributed by atoms with Crippen LogP contribution < -0.4 is 5.32 Å². The van der Waals surface area contributed by atoms with Crippen molar-refractivity contribution >= 4 is 17.3 Å². The van der Waals surface area contributed by atoms with E-state index >= 15 is 0 Å². The van der Waals surface area contributed by atoms with Crippen molar-refractivity contribution in [3.63, 3.8) is 0 Å². The van der Waals surface area contributed by atoms with Crippen LogP contribution in [-0.4, -0.2) is 0 Å². The highest BCUT2D eigenvalue weighted by atomic mass is 35.5. The molecule has 0 fully saturated rings. The van der Waals surface area contributed by atoms with Gasteiger partial charge < -0.3 is 5.32 Å². The molecule has 2 heteroatoms. The summed E-state index contributed by atoms with van der Waals surface area (Å²) in [6.45, 7) is 2.17. The second kappa shape index (κ2) is 4.08. The maximum Gasteiger partial charge on any atom is 0.0555 e. The van der Waals surface area contributed by atoms with Gasteiger partial charge in [-0.15, -0.1) is 0 Å². The molecule has 1 nitrogen and oxygen atoms in total. The van der Waals surface area contributed by atoms with Crippen LogP contribution in [0.5, 0.6) is 0 Å². The van der Waals surface area contributed by atoms with Crippen molar-refractivity contribution in [1.29, 1.82) is 0 Å². The molecule has 2 aromatic carbocycles. The number of nitrogens with one attached hydrogen (secondary N) is 1. The zero-order chi connectivity index (χ0) is 11.8. The van der Waals surface area contributed by atoms with Gasteiger partial charge in [0.15, 0.2) is 0 Å². The van der Waals surface area contributed by atoms with E-state index in [9.17, 15) is 0 Å². The predicted molar refractivity (Wildman–Crippen MR) is 72.7 cm³/mol. The first-order valence-corrected chi connectivity index (χ1v) is 6.22. The van der Waals surface area contributed by atoms with Gasteiger partial charge in [-0.05, 0) is 48.2 Å². The molecule has 1 heterocycles. The van der Waals surface area contributed by atoms with Gasteiger partial charge in [0.25, 0.3) is 0 Å². The van der Waals surface area contributed by atoms with Crippen molar-refractivity contribution in [1.82, 2.24) is 0 Å². The number of halogens is 1. The van der Waals surface area contributed by atoms with Crippen molar-refractivity contribution in [2.75, 3.05) is 5.32 Å². The van der Waals surface area contributed by atoms with Crippen LogP contribution in [0, 0.1) is 6.92 Å². The molecule has 1 aliphatic rings. The Morgan fingerprint density at radius 2 is 1.88 bits per heavy atom. The number of hydrogen-bond acceptors (Lipinski definition) is 1. The normalized spacial score (nSPS) is 17.6. The summed E-state index contributed by atoms with van der Waals surface area (Å²) in [4.78, 5) is 0. The van der Waals surface area contributed by atoms with E-state index in [0.29, 0.717) is 6.04 Å². The maximum atomic E-state index is 5.91. The van der Waals surface area contributed by atoms with E-state index in [1.54, 1.807) is 0 Å². The Hall–Kier alpha value is -1.47. The lowest BCUT2D eigenvalue weighted by atomic mass is 10.0. The topological polar surface area (TPSA) is 12.0 Å². The second-order valence-electron chi connectivity index (χ2n) is 4.55. The zero-order valence-corrected chi connectivity index (χ0v) is 10.5. The molecule has 0 aromatic heterocycles. The van der Waals surface area contributed by atoms with E-state index in [4.69, 9.17) is 11.6 Å². The molecule has 1 aliphatic heterocycles. The van der Waals surface area contributed by atoms with Crippen LogP contribution in [0.25, 0.3) is 0 Å². The standard InChI is InChI=1S/C15H14ClN/c1-10-3-2-4-14-13(10)9-15(17-14)11-5-7-12(16)8-6-11/h2-8,15,17H,9H2,1H3. The Morgan fingerprint density at radius 3 is 2.59 bits per heavy atom. The summed E-state index contributed by atoms with van der Waals surface area (Å²) < 4.78 is 0. The van der Waals surface area contributed by atoms with Gasteiger partial charge in [-0.1, -0.05) is 35.9 Å². The number of hydrogen-bond donors (Lipinski definition) is 1. The molecule has 3 rings (SSSR count). The van der Waals surface area contributed by atoms with Crippen molar-refractivity contribution in [2.24, 2.45) is 0 Å². The van der Waals surface area contributed by atoms with Gasteiger partial charge in [-0.25, -0.2) is 0 Å². The molecular formula is C15H14ClN. The van der Waals surface area contributed by atoms with Gasteiger partial charge in [0, 0.05) is 10.7 Å². The zero-order valence-electron chi connectivity index (χ0n) is 9.70. The Kier molecular flexibility index (Phi) is 2.56. The third-order valence-electron chi connectivity index (χ3n) is 3.42.